The Kier molecular flexibility index (Phi) is 4.78. The van der Waals surface area contributed by atoms with Crippen molar-refractivity contribution in [3.05, 3.63) is 18.5 Å². The van der Waals surface area contributed by atoms with Crippen LogP contribution in [0.15, 0.2) is 18.5 Å². The maximum atomic E-state index is 12.0. The van der Waals surface area contributed by atoms with Gasteiger partial charge in [-0.1, -0.05) is 0 Å². The number of alkyl halides is 3. The second-order valence-electron chi connectivity index (χ2n) is 4.60. The molecular weight excluding hydrogens is 303 g/mol. The van der Waals surface area contributed by atoms with Gasteiger partial charge in [-0.15, -0.1) is 0 Å². The third-order valence-corrected chi connectivity index (χ3v) is 3.12. The number of aromatic nitrogens is 2. The number of carbonyl (C=O) groups is 2. The van der Waals surface area contributed by atoms with Crippen LogP contribution in [-0.2, 0) is 9.59 Å². The molecule has 0 atom stereocenters. The van der Waals surface area contributed by atoms with E-state index in [1.54, 1.807) is 23.8 Å². The van der Waals surface area contributed by atoms with E-state index in [4.69, 9.17) is 0 Å². The second kappa shape index (κ2) is 6.58. The molecule has 1 aliphatic rings. The summed E-state index contributed by atoms with van der Waals surface area (Å²) in [6.45, 7) is 0.948. The van der Waals surface area contributed by atoms with Gasteiger partial charge in [-0.3, -0.25) is 9.59 Å². The predicted octanol–water partition coefficient (Wildman–Crippen LogP) is -0.196. The lowest BCUT2D eigenvalue weighted by Crippen LogP contribution is -2.52. The van der Waals surface area contributed by atoms with Crippen LogP contribution in [0.5, 0.6) is 0 Å². The molecule has 1 aromatic heterocycles. The number of piperazine rings is 1. The molecule has 1 saturated heterocycles. The molecule has 2 rings (SSSR count). The van der Waals surface area contributed by atoms with Gasteiger partial charge in [0.15, 0.2) is 0 Å². The van der Waals surface area contributed by atoms with Crippen LogP contribution in [0.1, 0.15) is 0 Å². The summed E-state index contributed by atoms with van der Waals surface area (Å²) >= 11 is 0. The summed E-state index contributed by atoms with van der Waals surface area (Å²) in [6.07, 6.45) is -1.78. The predicted molar refractivity (Wildman–Crippen MR) is 69.9 cm³/mol. The Labute approximate surface area is 124 Å². The van der Waals surface area contributed by atoms with Crippen molar-refractivity contribution in [2.75, 3.05) is 37.6 Å². The number of nitrogens with one attached hydrogen (secondary N) is 1. The van der Waals surface area contributed by atoms with E-state index in [9.17, 15) is 22.8 Å². The van der Waals surface area contributed by atoms with Crippen molar-refractivity contribution in [1.82, 2.24) is 20.2 Å². The average Bonchev–Trinajstić information content (AvgIpc) is 2.52. The van der Waals surface area contributed by atoms with E-state index in [1.165, 1.54) is 4.90 Å². The molecule has 22 heavy (non-hydrogen) atoms. The first-order valence-electron chi connectivity index (χ1n) is 6.52. The maximum absolute atomic E-state index is 12.0. The number of carbonyl (C=O) groups excluding carboxylic acids is 2. The lowest BCUT2D eigenvalue weighted by atomic mass is 10.3. The van der Waals surface area contributed by atoms with Gasteiger partial charge in [0.2, 0.25) is 11.9 Å². The van der Waals surface area contributed by atoms with Gasteiger partial charge >= 0.3 is 12.1 Å². The fourth-order valence-electron chi connectivity index (χ4n) is 1.98. The monoisotopic (exact) mass is 317 g/mol. The summed E-state index contributed by atoms with van der Waals surface area (Å²) in [5.41, 5.74) is 0. The van der Waals surface area contributed by atoms with Crippen LogP contribution in [0.2, 0.25) is 0 Å². The highest BCUT2D eigenvalue weighted by molar-refractivity contribution is 5.87. The summed E-state index contributed by atoms with van der Waals surface area (Å²) in [6, 6.07) is 1.69. The van der Waals surface area contributed by atoms with Gasteiger partial charge in [0.1, 0.15) is 0 Å². The van der Waals surface area contributed by atoms with Crippen LogP contribution in [0.4, 0.5) is 19.1 Å². The molecule has 1 aromatic rings. The number of hydrogen-bond acceptors (Lipinski definition) is 5. The van der Waals surface area contributed by atoms with Crippen molar-refractivity contribution >= 4 is 17.8 Å². The van der Waals surface area contributed by atoms with E-state index >= 15 is 0 Å². The first-order valence-corrected chi connectivity index (χ1v) is 6.52. The van der Waals surface area contributed by atoms with Crippen molar-refractivity contribution < 1.29 is 22.8 Å². The summed E-state index contributed by atoms with van der Waals surface area (Å²) in [5.74, 6) is -2.12. The zero-order valence-electron chi connectivity index (χ0n) is 11.5. The molecule has 0 radical (unpaired) electrons. The van der Waals surface area contributed by atoms with Crippen LogP contribution < -0.4 is 10.2 Å². The number of nitrogens with zero attached hydrogens (tertiary/aromatic N) is 4. The zero-order valence-corrected chi connectivity index (χ0v) is 11.5. The number of rotatable bonds is 3. The van der Waals surface area contributed by atoms with Gasteiger partial charge in [0.25, 0.3) is 0 Å². The van der Waals surface area contributed by atoms with E-state index in [0.29, 0.717) is 32.1 Å². The number of amides is 2. The molecule has 1 aliphatic heterocycles. The van der Waals surface area contributed by atoms with Gasteiger partial charge < -0.3 is 15.1 Å². The number of halogens is 3. The zero-order chi connectivity index (χ0) is 16.2. The third kappa shape index (κ3) is 4.06. The van der Waals surface area contributed by atoms with E-state index < -0.39 is 24.5 Å². The molecule has 0 aliphatic carbocycles. The molecule has 0 bridgehead atoms. The Morgan fingerprint density at radius 3 is 2.27 bits per heavy atom. The van der Waals surface area contributed by atoms with E-state index in [1.807, 2.05) is 4.90 Å². The van der Waals surface area contributed by atoms with Crippen LogP contribution in [0, 0.1) is 0 Å². The van der Waals surface area contributed by atoms with Gasteiger partial charge in [0.05, 0.1) is 6.54 Å². The minimum atomic E-state index is -4.98. The average molecular weight is 317 g/mol. The molecular formula is C12H14F3N5O2. The maximum Gasteiger partial charge on any atom is 0.471 e. The summed E-state index contributed by atoms with van der Waals surface area (Å²) in [5, 5.41) is 1.57. The highest BCUT2D eigenvalue weighted by Crippen LogP contribution is 2.14. The van der Waals surface area contributed by atoms with Crippen LogP contribution in [0.25, 0.3) is 0 Å². The van der Waals surface area contributed by atoms with Crippen LogP contribution in [0.3, 0.4) is 0 Å². The van der Waals surface area contributed by atoms with E-state index in [2.05, 4.69) is 9.97 Å². The molecule has 1 fully saturated rings. The summed E-state index contributed by atoms with van der Waals surface area (Å²) < 4.78 is 36.1. The first-order chi connectivity index (χ1) is 10.4. The topological polar surface area (TPSA) is 78.4 Å². The van der Waals surface area contributed by atoms with Crippen molar-refractivity contribution in [3.8, 4) is 0 Å². The largest absolute Gasteiger partial charge is 0.471 e. The minimum absolute atomic E-state index is 0.332. The Bertz CT molecular complexity index is 529. The van der Waals surface area contributed by atoms with Gasteiger partial charge in [-0.05, 0) is 6.07 Å². The van der Waals surface area contributed by atoms with Crippen LogP contribution in [-0.4, -0.2) is 65.6 Å². The lowest BCUT2D eigenvalue weighted by molar-refractivity contribution is -0.174. The molecule has 0 saturated carbocycles. The van der Waals surface area contributed by atoms with Crippen molar-refractivity contribution in [2.45, 2.75) is 6.18 Å². The molecule has 2 heterocycles. The van der Waals surface area contributed by atoms with Gasteiger partial charge in [0, 0.05) is 38.6 Å². The fraction of sp³-hybridized carbons (Fsp3) is 0.500. The SMILES string of the molecule is O=C(CNC(=O)C(F)(F)F)N1CCN(c2ncccn2)CC1. The molecule has 120 valence electrons. The quantitative estimate of drug-likeness (QED) is 0.835. The third-order valence-electron chi connectivity index (χ3n) is 3.12. The number of anilines is 1. The minimum Gasteiger partial charge on any atom is -0.339 e. The van der Waals surface area contributed by atoms with E-state index in [-0.39, 0.29) is 0 Å². The van der Waals surface area contributed by atoms with Gasteiger partial charge in [-0.25, -0.2) is 9.97 Å². The normalized spacial score (nSPS) is 15.6. The second-order valence-corrected chi connectivity index (χ2v) is 4.60. The highest BCUT2D eigenvalue weighted by Gasteiger charge is 2.38. The Morgan fingerprint density at radius 2 is 1.73 bits per heavy atom. The van der Waals surface area contributed by atoms with Gasteiger partial charge in [-0.2, -0.15) is 13.2 Å². The molecule has 2 amide bonds. The standard InChI is InChI=1S/C12H14F3N5O2/c13-12(14,15)10(22)18-8-9(21)19-4-6-20(7-5-19)11-16-2-1-3-17-11/h1-3H,4-8H2,(H,18,22). The smallest absolute Gasteiger partial charge is 0.339 e. The molecule has 0 spiro atoms. The number of hydrogen-bond donors (Lipinski definition) is 1. The fourth-order valence-corrected chi connectivity index (χ4v) is 1.98. The Hall–Kier alpha value is -2.39. The lowest BCUT2D eigenvalue weighted by Gasteiger charge is -2.34. The molecule has 7 nitrogen and oxygen atoms in total. The molecule has 10 heteroatoms. The van der Waals surface area contributed by atoms with Crippen LogP contribution >= 0.6 is 0 Å². The molecule has 0 aromatic carbocycles. The Balaban J connectivity index is 1.79. The highest BCUT2D eigenvalue weighted by atomic mass is 19.4. The van der Waals surface area contributed by atoms with Crippen molar-refractivity contribution in [2.24, 2.45) is 0 Å². The first kappa shape index (κ1) is 16.0. The summed E-state index contributed by atoms with van der Waals surface area (Å²) in [4.78, 5) is 33.9. The van der Waals surface area contributed by atoms with Crippen molar-refractivity contribution in [3.63, 3.8) is 0 Å². The Morgan fingerprint density at radius 1 is 1.14 bits per heavy atom. The molecule has 0 unspecified atom stereocenters. The molecule has 1 N–H and O–H groups in total. The van der Waals surface area contributed by atoms with Crippen molar-refractivity contribution in [1.29, 1.82) is 0 Å². The summed E-state index contributed by atoms with van der Waals surface area (Å²) in [7, 11) is 0. The van der Waals surface area contributed by atoms with E-state index in [0.717, 1.165) is 0 Å².